The highest BCUT2D eigenvalue weighted by molar-refractivity contribution is 6.02. The lowest BCUT2D eigenvalue weighted by Gasteiger charge is -2.31. The molecule has 1 aromatic heterocycles. The number of aromatic nitrogens is 1. The molecule has 3 aromatic carbocycles. The molecule has 5 atom stereocenters. The highest BCUT2D eigenvalue weighted by Gasteiger charge is 2.41. The summed E-state index contributed by atoms with van der Waals surface area (Å²) in [6.07, 6.45) is 0.263. The molecule has 0 bridgehead atoms. The van der Waals surface area contributed by atoms with Crippen LogP contribution in [0.4, 0.5) is 21.0 Å². The van der Waals surface area contributed by atoms with E-state index in [1.807, 2.05) is 88.4 Å². The zero-order valence-corrected chi connectivity index (χ0v) is 35.2. The lowest BCUT2D eigenvalue weighted by molar-refractivity contribution is -0.139. The minimum absolute atomic E-state index is 0.222. The fraction of sp³-hybridized carbons (Fsp3) is 0.422. The van der Waals surface area contributed by atoms with E-state index < -0.39 is 42.6 Å². The molecule has 16 heteroatoms. The number of nitrogens with zero attached hydrogens (tertiary/aromatic N) is 3. The fourth-order valence-corrected chi connectivity index (χ4v) is 8.50. The van der Waals surface area contributed by atoms with Gasteiger partial charge in [0.15, 0.2) is 0 Å². The van der Waals surface area contributed by atoms with Crippen molar-refractivity contribution in [3.63, 3.8) is 0 Å². The molecule has 3 aliphatic heterocycles. The third kappa shape index (κ3) is 8.70. The normalized spacial score (nSPS) is 19.0. The van der Waals surface area contributed by atoms with E-state index in [0.717, 1.165) is 27.7 Å². The predicted molar refractivity (Wildman–Crippen MR) is 228 cm³/mol. The summed E-state index contributed by atoms with van der Waals surface area (Å²) >= 11 is 0. The lowest BCUT2D eigenvalue weighted by Crippen LogP contribution is -2.54. The maximum absolute atomic E-state index is 13.8. The van der Waals surface area contributed by atoms with Gasteiger partial charge < -0.3 is 49.8 Å². The number of ether oxygens (including phenoxy) is 3. The van der Waals surface area contributed by atoms with Gasteiger partial charge in [-0.05, 0) is 73.9 Å². The van der Waals surface area contributed by atoms with Gasteiger partial charge in [-0.15, -0.1) is 0 Å². The van der Waals surface area contributed by atoms with Gasteiger partial charge in [-0.1, -0.05) is 58.0 Å². The van der Waals surface area contributed by atoms with Crippen LogP contribution in [0.5, 0.6) is 5.75 Å². The topological polar surface area (TPSA) is 190 Å². The van der Waals surface area contributed by atoms with E-state index >= 15 is 0 Å². The molecule has 3 aliphatic rings. The number of amides is 6. The summed E-state index contributed by atoms with van der Waals surface area (Å²) in [7, 11) is 2.48. The number of benzene rings is 3. The van der Waals surface area contributed by atoms with Crippen molar-refractivity contribution in [2.45, 2.75) is 83.8 Å². The molecular formula is C45H53N7O9. The molecule has 16 nitrogen and oxygen atoms in total. The summed E-state index contributed by atoms with van der Waals surface area (Å²) in [5.41, 5.74) is 4.47. The molecule has 61 heavy (non-hydrogen) atoms. The summed E-state index contributed by atoms with van der Waals surface area (Å²) < 4.78 is 18.3. The van der Waals surface area contributed by atoms with Crippen LogP contribution in [0.3, 0.4) is 0 Å². The van der Waals surface area contributed by atoms with E-state index in [9.17, 15) is 28.8 Å². The van der Waals surface area contributed by atoms with Crippen LogP contribution in [0.25, 0.3) is 22.2 Å². The van der Waals surface area contributed by atoms with Crippen molar-refractivity contribution >= 4 is 58.1 Å². The molecule has 0 aliphatic carbocycles. The van der Waals surface area contributed by atoms with Crippen molar-refractivity contribution in [2.75, 3.05) is 37.9 Å². The summed E-state index contributed by atoms with van der Waals surface area (Å²) in [5.74, 6) is -1.23. The van der Waals surface area contributed by atoms with E-state index in [1.54, 1.807) is 12.1 Å². The minimum atomic E-state index is -0.846. The van der Waals surface area contributed by atoms with Crippen molar-refractivity contribution < 1.29 is 43.0 Å². The van der Waals surface area contributed by atoms with E-state index in [4.69, 9.17) is 14.2 Å². The molecule has 6 amide bonds. The second-order valence-electron chi connectivity index (χ2n) is 16.3. The molecule has 4 heterocycles. The Hall–Kier alpha value is -6.58. The number of anilines is 2. The first kappa shape index (κ1) is 42.5. The highest BCUT2D eigenvalue weighted by atomic mass is 16.5. The van der Waals surface area contributed by atoms with Gasteiger partial charge >= 0.3 is 12.2 Å². The molecule has 0 radical (unpaired) electrons. The Morgan fingerprint density at radius 3 is 1.72 bits per heavy atom. The number of nitrogens with one attached hydrogen (secondary N) is 4. The number of fused-ring (bicyclic) bond motifs is 5. The number of rotatable bonds is 11. The van der Waals surface area contributed by atoms with Crippen molar-refractivity contribution in [1.82, 2.24) is 25.0 Å². The van der Waals surface area contributed by atoms with Crippen LogP contribution < -0.4 is 26.0 Å². The molecule has 7 rings (SSSR count). The van der Waals surface area contributed by atoms with Gasteiger partial charge in [0.05, 0.1) is 25.4 Å². The molecule has 0 spiro atoms. The second kappa shape index (κ2) is 18.0. The zero-order valence-electron chi connectivity index (χ0n) is 35.2. The molecule has 4 N–H and O–H groups in total. The number of hydrogen-bond acceptors (Lipinski definition) is 9. The molecule has 0 saturated carbocycles. The summed E-state index contributed by atoms with van der Waals surface area (Å²) in [6.45, 7) is 8.08. The van der Waals surface area contributed by atoms with Gasteiger partial charge in [0.25, 0.3) is 0 Å². The van der Waals surface area contributed by atoms with Gasteiger partial charge in [0.1, 0.15) is 29.9 Å². The fourth-order valence-electron chi connectivity index (χ4n) is 8.50. The maximum atomic E-state index is 13.8. The Balaban J connectivity index is 1.13. The summed E-state index contributed by atoms with van der Waals surface area (Å²) in [6, 6.07) is 19.8. The number of methoxy groups -OCH3 is 2. The Bertz CT molecular complexity index is 2330. The monoisotopic (exact) mass is 835 g/mol. The molecular weight excluding hydrogens is 783 g/mol. The van der Waals surface area contributed by atoms with Crippen molar-refractivity contribution in [3.05, 3.63) is 78.4 Å². The first-order chi connectivity index (χ1) is 29.3. The van der Waals surface area contributed by atoms with Crippen LogP contribution in [0.2, 0.25) is 0 Å². The molecule has 2 fully saturated rings. The Morgan fingerprint density at radius 1 is 0.672 bits per heavy atom. The number of carbonyl (C=O) groups is 6. The lowest BCUT2D eigenvalue weighted by atomic mass is 10.0. The molecule has 322 valence electrons. The van der Waals surface area contributed by atoms with E-state index in [0.29, 0.717) is 55.9 Å². The molecule has 2 saturated heterocycles. The molecule has 4 aromatic rings. The van der Waals surface area contributed by atoms with Gasteiger partial charge in [-0.2, -0.15) is 0 Å². The van der Waals surface area contributed by atoms with Crippen LogP contribution in [0, 0.1) is 11.8 Å². The van der Waals surface area contributed by atoms with Crippen LogP contribution in [0.1, 0.15) is 65.2 Å². The first-order valence-corrected chi connectivity index (χ1v) is 20.7. The SMILES string of the molecule is COC(=O)NC(C(=O)N1CCC[C@H]1C(=O)Nc1ccc2c(c1)cc1n2[C@H](c2ccccc2)Oc2cc(NC(=O)[C@@H]3CCCN3C(=O)[C@@H](NC(=O)OC)C(C)C)ccc2-1)C(C)C. The first-order valence-electron chi connectivity index (χ1n) is 20.7. The third-order valence-electron chi connectivity index (χ3n) is 11.6. The van der Waals surface area contributed by atoms with Gasteiger partial charge in [0, 0.05) is 47.0 Å². The van der Waals surface area contributed by atoms with Crippen LogP contribution in [0.15, 0.2) is 72.8 Å². The number of hydrogen-bond donors (Lipinski definition) is 4. The minimum Gasteiger partial charge on any atom is -0.465 e. The smallest absolute Gasteiger partial charge is 0.407 e. The van der Waals surface area contributed by atoms with Crippen molar-refractivity contribution in [2.24, 2.45) is 11.8 Å². The van der Waals surface area contributed by atoms with Crippen molar-refractivity contribution in [3.8, 4) is 17.0 Å². The third-order valence-corrected chi connectivity index (χ3v) is 11.6. The highest BCUT2D eigenvalue weighted by Crippen LogP contribution is 2.45. The van der Waals surface area contributed by atoms with E-state index in [2.05, 4.69) is 25.8 Å². The Labute approximate surface area is 354 Å². The standard InChI is InChI=1S/C45H53N7O9/c1-25(2)37(48-44(57)59-5)41(55)50-20-10-14-33(50)39(53)46-29-17-19-32-28(22-29)23-35-31-18-16-30(24-36(31)61-43(52(32)35)27-12-8-7-9-13-27)47-40(54)34-15-11-21-51(34)42(56)38(26(3)4)49-45(58)60-6/h7-9,12-13,16-19,22-26,33-34,37-38,43H,10-11,14-15,20-21H2,1-6H3,(H,46,53)(H,47,54)(H,48,57)(H,49,58)/t33-,34-,37?,38-,43-/m0/s1. The Kier molecular flexibility index (Phi) is 12.5. The van der Waals surface area contributed by atoms with E-state index in [1.165, 1.54) is 24.0 Å². The average molecular weight is 836 g/mol. The number of carbonyl (C=O) groups excluding carboxylic acids is 6. The maximum Gasteiger partial charge on any atom is 0.407 e. The second-order valence-corrected chi connectivity index (χ2v) is 16.3. The average Bonchev–Trinajstić information content (AvgIpc) is 4.03. The Morgan fingerprint density at radius 2 is 1.20 bits per heavy atom. The van der Waals surface area contributed by atoms with Gasteiger partial charge in [0.2, 0.25) is 29.9 Å². The molecule has 1 unspecified atom stereocenters. The zero-order chi connectivity index (χ0) is 43.5. The van der Waals surface area contributed by atoms with E-state index in [-0.39, 0.29) is 35.5 Å². The van der Waals surface area contributed by atoms with Crippen LogP contribution in [-0.4, -0.2) is 102 Å². The predicted octanol–water partition coefficient (Wildman–Crippen LogP) is 5.87. The summed E-state index contributed by atoms with van der Waals surface area (Å²) in [5, 5.41) is 12.1. The van der Waals surface area contributed by atoms with Crippen LogP contribution in [-0.2, 0) is 28.7 Å². The number of likely N-dealkylation sites (tertiary alicyclic amines) is 2. The van der Waals surface area contributed by atoms with Crippen molar-refractivity contribution in [1.29, 1.82) is 0 Å². The van der Waals surface area contributed by atoms with Gasteiger partial charge in [-0.25, -0.2) is 9.59 Å². The largest absolute Gasteiger partial charge is 0.465 e. The quantitative estimate of drug-likeness (QED) is 0.143. The van der Waals surface area contributed by atoms with Crippen LogP contribution >= 0.6 is 0 Å². The van der Waals surface area contributed by atoms with Gasteiger partial charge in [-0.3, -0.25) is 19.2 Å². The number of alkyl carbamates (subject to hydrolysis) is 2. The summed E-state index contributed by atoms with van der Waals surface area (Å²) in [4.78, 5) is 81.9.